The van der Waals surface area contributed by atoms with Crippen LogP contribution >= 0.6 is 0 Å². The van der Waals surface area contributed by atoms with Crippen molar-refractivity contribution in [1.82, 2.24) is 0 Å². The van der Waals surface area contributed by atoms with E-state index in [-0.39, 0.29) is 0 Å². The Morgan fingerprint density at radius 3 is 1.48 bits per heavy atom. The monoisotopic (exact) mass is 587 g/mol. The van der Waals surface area contributed by atoms with Crippen molar-refractivity contribution < 1.29 is 8.83 Å². The minimum atomic E-state index is 0.655. The number of nitriles is 1. The van der Waals surface area contributed by atoms with Gasteiger partial charge in [0.25, 0.3) is 0 Å². The molecule has 0 saturated heterocycles. The molecule has 0 N–H and O–H groups in total. The highest BCUT2D eigenvalue weighted by Gasteiger charge is 2.18. The third kappa shape index (κ3) is 4.13. The van der Waals surface area contributed by atoms with Crippen molar-refractivity contribution in [3.8, 4) is 50.6 Å². The van der Waals surface area contributed by atoms with Gasteiger partial charge in [-0.1, -0.05) is 103 Å². The minimum absolute atomic E-state index is 0.655. The average molecular weight is 588 g/mol. The normalized spacial score (nSPS) is 11.5. The lowest BCUT2D eigenvalue weighted by Crippen LogP contribution is -1.92. The number of nitrogens with zero attached hydrogens (tertiary/aromatic N) is 1. The van der Waals surface area contributed by atoms with Gasteiger partial charge in [-0.05, 0) is 93.0 Å². The van der Waals surface area contributed by atoms with Gasteiger partial charge >= 0.3 is 0 Å². The van der Waals surface area contributed by atoms with Crippen LogP contribution in [0.5, 0.6) is 0 Å². The highest BCUT2D eigenvalue weighted by Crippen LogP contribution is 2.44. The molecular weight excluding hydrogens is 562 g/mol. The maximum atomic E-state index is 9.87. The Kier molecular flexibility index (Phi) is 5.88. The summed E-state index contributed by atoms with van der Waals surface area (Å²) in [5.41, 5.74) is 12.7. The molecule has 7 aromatic carbocycles. The van der Waals surface area contributed by atoms with E-state index in [1.54, 1.807) is 0 Å². The Hall–Kier alpha value is -6.37. The maximum Gasteiger partial charge on any atom is 0.135 e. The van der Waals surface area contributed by atoms with E-state index in [2.05, 4.69) is 109 Å². The fourth-order valence-electron chi connectivity index (χ4n) is 6.81. The first kappa shape index (κ1) is 26.1. The van der Waals surface area contributed by atoms with Crippen LogP contribution < -0.4 is 0 Å². The van der Waals surface area contributed by atoms with Crippen LogP contribution in [-0.4, -0.2) is 0 Å². The number of furan rings is 2. The lowest BCUT2D eigenvalue weighted by atomic mass is 9.86. The third-order valence-corrected chi connectivity index (χ3v) is 8.95. The Labute approximate surface area is 265 Å². The van der Waals surface area contributed by atoms with Crippen LogP contribution in [0, 0.1) is 11.3 Å². The molecule has 0 aliphatic carbocycles. The Morgan fingerprint density at radius 2 is 0.848 bits per heavy atom. The Morgan fingerprint density at radius 1 is 0.370 bits per heavy atom. The molecule has 0 radical (unpaired) electrons. The Bertz CT molecular complexity index is 2530. The summed E-state index contributed by atoms with van der Waals surface area (Å²) in [6.07, 6.45) is 0. The fraction of sp³-hybridized carbons (Fsp3) is 0. The molecule has 0 aliphatic rings. The number of hydrogen-bond donors (Lipinski definition) is 0. The molecule has 46 heavy (non-hydrogen) atoms. The average Bonchev–Trinajstić information content (AvgIpc) is 3.69. The zero-order chi connectivity index (χ0) is 30.6. The second kappa shape index (κ2) is 10.4. The molecule has 0 bridgehead atoms. The lowest BCUT2D eigenvalue weighted by molar-refractivity contribution is 0.668. The van der Waals surface area contributed by atoms with Gasteiger partial charge in [-0.3, -0.25) is 0 Å². The molecule has 0 amide bonds. The van der Waals surface area contributed by atoms with Crippen molar-refractivity contribution in [1.29, 1.82) is 5.26 Å². The van der Waals surface area contributed by atoms with Gasteiger partial charge < -0.3 is 8.83 Å². The number of fused-ring (bicyclic) bond motifs is 6. The molecule has 0 spiro atoms. The van der Waals surface area contributed by atoms with Gasteiger partial charge in [0.05, 0.1) is 11.6 Å². The second-order valence-electron chi connectivity index (χ2n) is 11.6. The fourth-order valence-corrected chi connectivity index (χ4v) is 6.81. The molecule has 0 atom stereocenters. The summed E-state index contributed by atoms with van der Waals surface area (Å²) in [7, 11) is 0. The van der Waals surface area contributed by atoms with E-state index in [4.69, 9.17) is 8.83 Å². The highest BCUT2D eigenvalue weighted by molar-refractivity contribution is 6.09. The van der Waals surface area contributed by atoms with Gasteiger partial charge in [0.2, 0.25) is 0 Å². The molecule has 214 valence electrons. The number of rotatable bonds is 4. The van der Waals surface area contributed by atoms with Gasteiger partial charge in [-0.2, -0.15) is 5.26 Å². The number of benzene rings is 7. The standard InChI is InChI=1S/C43H25NO2/c44-26-31-9-1-2-12-32(31)27-10-7-11-30(23-27)43-33(28-19-21-41-37(24-28)35-13-3-5-17-39(35)45-41)15-8-16-34(43)29-20-22-42-38(25-29)36-14-4-6-18-40(36)46-42/h1-25H. The summed E-state index contributed by atoms with van der Waals surface area (Å²) < 4.78 is 12.3. The third-order valence-electron chi connectivity index (χ3n) is 8.95. The molecule has 3 heteroatoms. The molecule has 3 nitrogen and oxygen atoms in total. The summed E-state index contributed by atoms with van der Waals surface area (Å²) >= 11 is 0. The zero-order valence-electron chi connectivity index (χ0n) is 24.7. The minimum Gasteiger partial charge on any atom is -0.456 e. The van der Waals surface area contributed by atoms with Crippen LogP contribution in [0.1, 0.15) is 5.56 Å². The summed E-state index contributed by atoms with van der Waals surface area (Å²) in [4.78, 5) is 0. The van der Waals surface area contributed by atoms with Gasteiger partial charge in [0.15, 0.2) is 0 Å². The molecular formula is C43H25NO2. The quantitative estimate of drug-likeness (QED) is 0.206. The first-order chi connectivity index (χ1) is 22.7. The molecule has 0 saturated carbocycles. The summed E-state index contributed by atoms with van der Waals surface area (Å²) in [6, 6.07) is 54.5. The smallest absolute Gasteiger partial charge is 0.135 e. The summed E-state index contributed by atoms with van der Waals surface area (Å²) in [5, 5.41) is 14.3. The maximum absolute atomic E-state index is 9.87. The van der Waals surface area contributed by atoms with Crippen molar-refractivity contribution in [2.75, 3.05) is 0 Å². The van der Waals surface area contributed by atoms with Crippen LogP contribution in [0.25, 0.3) is 88.4 Å². The predicted octanol–water partition coefficient (Wildman–Crippen LogP) is 12.0. The van der Waals surface area contributed by atoms with Crippen LogP contribution in [0.4, 0.5) is 0 Å². The summed E-state index contributed by atoms with van der Waals surface area (Å²) in [5.74, 6) is 0. The number of para-hydroxylation sites is 2. The second-order valence-corrected chi connectivity index (χ2v) is 11.6. The highest BCUT2D eigenvalue weighted by atomic mass is 16.3. The van der Waals surface area contributed by atoms with E-state index < -0.39 is 0 Å². The van der Waals surface area contributed by atoms with E-state index in [0.717, 1.165) is 88.4 Å². The first-order valence-electron chi connectivity index (χ1n) is 15.3. The SMILES string of the molecule is N#Cc1ccccc1-c1cccc(-c2c(-c3ccc4oc5ccccc5c4c3)cccc2-c2ccc3oc4ccccc4c3c2)c1. The molecule has 0 aliphatic heterocycles. The van der Waals surface area contributed by atoms with Gasteiger partial charge in [0, 0.05) is 21.5 Å². The molecule has 2 aromatic heterocycles. The predicted molar refractivity (Wildman–Crippen MR) is 187 cm³/mol. The molecule has 9 aromatic rings. The van der Waals surface area contributed by atoms with Crippen LogP contribution in [0.2, 0.25) is 0 Å². The van der Waals surface area contributed by atoms with Gasteiger partial charge in [0.1, 0.15) is 22.3 Å². The van der Waals surface area contributed by atoms with E-state index in [9.17, 15) is 5.26 Å². The van der Waals surface area contributed by atoms with Crippen LogP contribution in [0.15, 0.2) is 160 Å². The molecule has 0 unspecified atom stereocenters. The lowest BCUT2D eigenvalue weighted by Gasteiger charge is -2.17. The molecule has 9 rings (SSSR count). The van der Waals surface area contributed by atoms with Gasteiger partial charge in [-0.25, -0.2) is 0 Å². The van der Waals surface area contributed by atoms with E-state index in [1.807, 2.05) is 48.5 Å². The van der Waals surface area contributed by atoms with Crippen molar-refractivity contribution in [2.45, 2.75) is 0 Å². The molecule has 2 heterocycles. The summed E-state index contributed by atoms with van der Waals surface area (Å²) in [6.45, 7) is 0. The van der Waals surface area contributed by atoms with Gasteiger partial charge in [-0.15, -0.1) is 0 Å². The largest absolute Gasteiger partial charge is 0.456 e. The Balaban J connectivity index is 1.31. The first-order valence-corrected chi connectivity index (χ1v) is 15.3. The van der Waals surface area contributed by atoms with Crippen molar-refractivity contribution in [2.24, 2.45) is 0 Å². The number of hydrogen-bond acceptors (Lipinski definition) is 3. The van der Waals surface area contributed by atoms with Crippen molar-refractivity contribution in [3.05, 3.63) is 157 Å². The zero-order valence-corrected chi connectivity index (χ0v) is 24.7. The topological polar surface area (TPSA) is 50.1 Å². The van der Waals surface area contributed by atoms with Crippen LogP contribution in [0.3, 0.4) is 0 Å². The van der Waals surface area contributed by atoms with Crippen molar-refractivity contribution in [3.63, 3.8) is 0 Å². The van der Waals surface area contributed by atoms with Crippen LogP contribution in [-0.2, 0) is 0 Å². The van der Waals surface area contributed by atoms with E-state index in [0.29, 0.717) is 5.56 Å². The molecule has 0 fully saturated rings. The van der Waals surface area contributed by atoms with E-state index in [1.165, 1.54) is 0 Å². The van der Waals surface area contributed by atoms with Crippen molar-refractivity contribution >= 4 is 43.9 Å². The van der Waals surface area contributed by atoms with E-state index >= 15 is 0 Å².